The lowest BCUT2D eigenvalue weighted by Crippen LogP contribution is -2.03. The molecule has 0 aliphatic rings. The minimum absolute atomic E-state index is 0.483. The minimum atomic E-state index is -0.483. The zero-order valence-corrected chi connectivity index (χ0v) is 10.9. The molecular formula is C12H13ClN2OS. The van der Waals surface area contributed by atoms with Crippen molar-refractivity contribution in [2.24, 2.45) is 0 Å². The van der Waals surface area contributed by atoms with Crippen LogP contribution >= 0.6 is 22.9 Å². The number of aliphatic hydroxyl groups excluding tert-OH is 1. The number of anilines is 1. The van der Waals surface area contributed by atoms with E-state index in [9.17, 15) is 5.11 Å². The van der Waals surface area contributed by atoms with E-state index in [1.165, 1.54) is 11.3 Å². The summed E-state index contributed by atoms with van der Waals surface area (Å²) in [5.41, 5.74) is 1.83. The molecule has 1 aromatic heterocycles. The highest BCUT2D eigenvalue weighted by molar-refractivity contribution is 7.15. The number of hydrogen-bond donors (Lipinski definition) is 2. The summed E-state index contributed by atoms with van der Waals surface area (Å²) in [5.74, 6) is 0. The molecule has 0 radical (unpaired) electrons. The molecule has 0 amide bonds. The number of rotatable bonds is 4. The Bertz CT molecular complexity index is 499. The average molecular weight is 269 g/mol. The first-order valence-corrected chi connectivity index (χ1v) is 6.47. The topological polar surface area (TPSA) is 45.1 Å². The molecule has 2 N–H and O–H groups in total. The molecular weight excluding hydrogens is 256 g/mol. The van der Waals surface area contributed by atoms with Gasteiger partial charge in [0.15, 0.2) is 4.47 Å². The van der Waals surface area contributed by atoms with E-state index in [2.05, 4.69) is 10.3 Å². The van der Waals surface area contributed by atoms with Gasteiger partial charge in [0, 0.05) is 22.3 Å². The van der Waals surface area contributed by atoms with E-state index in [4.69, 9.17) is 11.6 Å². The van der Waals surface area contributed by atoms with Gasteiger partial charge < -0.3 is 10.4 Å². The second-order valence-electron chi connectivity index (χ2n) is 3.70. The van der Waals surface area contributed by atoms with Crippen LogP contribution in [0, 0.1) is 0 Å². The lowest BCUT2D eigenvalue weighted by atomic mass is 10.1. The number of aromatic nitrogens is 1. The van der Waals surface area contributed by atoms with Crippen LogP contribution in [0.15, 0.2) is 30.5 Å². The quantitative estimate of drug-likeness (QED) is 0.893. The fourth-order valence-corrected chi connectivity index (χ4v) is 2.49. The maximum absolute atomic E-state index is 9.64. The smallest absolute Gasteiger partial charge is 0.183 e. The van der Waals surface area contributed by atoms with Gasteiger partial charge in [0.2, 0.25) is 0 Å². The minimum Gasteiger partial charge on any atom is -0.389 e. The highest BCUT2D eigenvalue weighted by Crippen LogP contribution is 2.24. The molecule has 0 aliphatic heterocycles. The van der Waals surface area contributed by atoms with Crippen LogP contribution in [0.5, 0.6) is 0 Å². The Labute approximate surface area is 109 Å². The third-order valence-electron chi connectivity index (χ3n) is 2.39. The molecule has 90 valence electrons. The number of nitrogens with zero attached hydrogens (tertiary/aromatic N) is 1. The summed E-state index contributed by atoms with van der Waals surface area (Å²) in [6, 6.07) is 7.71. The van der Waals surface area contributed by atoms with Crippen molar-refractivity contribution in [1.82, 2.24) is 4.98 Å². The molecule has 0 bridgehead atoms. The van der Waals surface area contributed by atoms with Crippen LogP contribution in [0.4, 0.5) is 5.69 Å². The van der Waals surface area contributed by atoms with Crippen LogP contribution in [0.25, 0.3) is 0 Å². The normalized spacial score (nSPS) is 12.4. The highest BCUT2D eigenvalue weighted by Gasteiger charge is 2.07. The van der Waals surface area contributed by atoms with Gasteiger partial charge in [-0.05, 0) is 13.0 Å². The SMILES string of the molecule is CC(O)c1ccccc1NCc1cnc(Cl)s1. The first-order valence-electron chi connectivity index (χ1n) is 5.28. The number of benzene rings is 1. The Morgan fingerprint density at radius 3 is 2.88 bits per heavy atom. The van der Waals surface area contributed by atoms with Crippen molar-refractivity contribution in [3.05, 3.63) is 45.4 Å². The molecule has 0 fully saturated rings. The van der Waals surface area contributed by atoms with Gasteiger partial charge in [-0.3, -0.25) is 0 Å². The monoisotopic (exact) mass is 268 g/mol. The third kappa shape index (κ3) is 3.19. The Morgan fingerprint density at radius 2 is 2.24 bits per heavy atom. The van der Waals surface area contributed by atoms with Crippen molar-refractivity contribution in [2.75, 3.05) is 5.32 Å². The first kappa shape index (κ1) is 12.4. The van der Waals surface area contributed by atoms with Gasteiger partial charge in [-0.2, -0.15) is 0 Å². The number of para-hydroxylation sites is 1. The van der Waals surface area contributed by atoms with Crippen LogP contribution < -0.4 is 5.32 Å². The maximum Gasteiger partial charge on any atom is 0.183 e. The van der Waals surface area contributed by atoms with E-state index in [1.54, 1.807) is 13.1 Å². The molecule has 1 aromatic carbocycles. The fraction of sp³-hybridized carbons (Fsp3) is 0.250. The van der Waals surface area contributed by atoms with Crippen LogP contribution in [0.3, 0.4) is 0 Å². The molecule has 0 spiro atoms. The number of aliphatic hydroxyl groups is 1. The van der Waals surface area contributed by atoms with Crippen molar-refractivity contribution >= 4 is 28.6 Å². The molecule has 1 atom stereocenters. The second-order valence-corrected chi connectivity index (χ2v) is 5.39. The van der Waals surface area contributed by atoms with E-state index in [0.717, 1.165) is 16.1 Å². The third-order valence-corrected chi connectivity index (χ3v) is 3.50. The predicted octanol–water partition coefficient (Wildman–Crippen LogP) is 3.46. The molecule has 1 unspecified atom stereocenters. The van der Waals surface area contributed by atoms with Gasteiger partial charge in [0.25, 0.3) is 0 Å². The van der Waals surface area contributed by atoms with Gasteiger partial charge in [-0.1, -0.05) is 29.8 Å². The van der Waals surface area contributed by atoms with Gasteiger partial charge >= 0.3 is 0 Å². The summed E-state index contributed by atoms with van der Waals surface area (Å²) in [4.78, 5) is 5.05. The summed E-state index contributed by atoms with van der Waals surface area (Å²) in [7, 11) is 0. The molecule has 3 nitrogen and oxygen atoms in total. The fourth-order valence-electron chi connectivity index (χ4n) is 1.57. The number of nitrogens with one attached hydrogen (secondary N) is 1. The zero-order valence-electron chi connectivity index (χ0n) is 9.35. The zero-order chi connectivity index (χ0) is 12.3. The molecule has 1 heterocycles. The maximum atomic E-state index is 9.64. The summed E-state index contributed by atoms with van der Waals surface area (Å²) in [6.45, 7) is 2.41. The van der Waals surface area contributed by atoms with Crippen LogP contribution in [0.1, 0.15) is 23.5 Å². The summed E-state index contributed by atoms with van der Waals surface area (Å²) >= 11 is 7.21. The Balaban J connectivity index is 2.08. The van der Waals surface area contributed by atoms with E-state index < -0.39 is 6.10 Å². The molecule has 2 rings (SSSR count). The Morgan fingerprint density at radius 1 is 1.47 bits per heavy atom. The second kappa shape index (κ2) is 5.49. The predicted molar refractivity (Wildman–Crippen MR) is 71.5 cm³/mol. The van der Waals surface area contributed by atoms with Crippen molar-refractivity contribution in [1.29, 1.82) is 0 Å². The number of halogens is 1. The first-order chi connectivity index (χ1) is 8.16. The standard InChI is InChI=1S/C12H13ClN2OS/c1-8(16)10-4-2-3-5-11(10)14-6-9-7-15-12(13)17-9/h2-5,7-8,14,16H,6H2,1H3. The average Bonchev–Trinajstić information content (AvgIpc) is 2.73. The Kier molecular flexibility index (Phi) is 3.99. The van der Waals surface area contributed by atoms with Gasteiger partial charge in [0.1, 0.15) is 0 Å². The van der Waals surface area contributed by atoms with Crippen molar-refractivity contribution in [3.8, 4) is 0 Å². The van der Waals surface area contributed by atoms with Crippen LogP contribution in [0.2, 0.25) is 4.47 Å². The molecule has 2 aromatic rings. The highest BCUT2D eigenvalue weighted by atomic mass is 35.5. The number of thiazole rings is 1. The molecule has 0 saturated heterocycles. The Hall–Kier alpha value is -1.10. The van der Waals surface area contributed by atoms with E-state index in [-0.39, 0.29) is 0 Å². The van der Waals surface area contributed by atoms with Crippen molar-refractivity contribution in [3.63, 3.8) is 0 Å². The summed E-state index contributed by atoms with van der Waals surface area (Å²) in [5, 5.41) is 12.9. The lowest BCUT2D eigenvalue weighted by Gasteiger charge is -2.12. The summed E-state index contributed by atoms with van der Waals surface area (Å²) in [6.07, 6.45) is 1.27. The molecule has 17 heavy (non-hydrogen) atoms. The van der Waals surface area contributed by atoms with E-state index in [1.807, 2.05) is 24.3 Å². The largest absolute Gasteiger partial charge is 0.389 e. The van der Waals surface area contributed by atoms with Gasteiger partial charge in [-0.15, -0.1) is 11.3 Å². The number of hydrogen-bond acceptors (Lipinski definition) is 4. The van der Waals surface area contributed by atoms with Crippen molar-refractivity contribution < 1.29 is 5.11 Å². The van der Waals surface area contributed by atoms with Crippen LogP contribution in [-0.4, -0.2) is 10.1 Å². The lowest BCUT2D eigenvalue weighted by molar-refractivity contribution is 0.200. The van der Waals surface area contributed by atoms with Gasteiger partial charge in [0.05, 0.1) is 12.6 Å². The van der Waals surface area contributed by atoms with Gasteiger partial charge in [-0.25, -0.2) is 4.98 Å². The van der Waals surface area contributed by atoms with E-state index in [0.29, 0.717) is 11.0 Å². The van der Waals surface area contributed by atoms with Crippen molar-refractivity contribution in [2.45, 2.75) is 19.6 Å². The molecule has 0 saturated carbocycles. The summed E-state index contributed by atoms with van der Waals surface area (Å²) < 4.78 is 0.547. The molecule has 0 aliphatic carbocycles. The van der Waals surface area contributed by atoms with Crippen LogP contribution in [-0.2, 0) is 6.54 Å². The van der Waals surface area contributed by atoms with E-state index >= 15 is 0 Å². The molecule has 5 heteroatoms.